The number of amides is 1. The van der Waals surface area contributed by atoms with Crippen molar-refractivity contribution in [2.45, 2.75) is 6.54 Å². The second kappa shape index (κ2) is 5.53. The van der Waals surface area contributed by atoms with Crippen LogP contribution in [0.2, 0.25) is 5.15 Å². The van der Waals surface area contributed by atoms with Gasteiger partial charge >= 0.3 is 0 Å². The first-order chi connectivity index (χ1) is 9.49. The lowest BCUT2D eigenvalue weighted by atomic mass is 10.2. The molecule has 10 heteroatoms. The summed E-state index contributed by atoms with van der Waals surface area (Å²) in [5, 5.41) is 19.3. The van der Waals surface area contributed by atoms with Gasteiger partial charge in [-0.2, -0.15) is 5.10 Å². The predicted molar refractivity (Wildman–Crippen MR) is 70.1 cm³/mol. The third kappa shape index (κ3) is 2.83. The van der Waals surface area contributed by atoms with Crippen LogP contribution in [-0.4, -0.2) is 26.0 Å². The van der Waals surface area contributed by atoms with E-state index in [4.69, 9.17) is 17.3 Å². The van der Waals surface area contributed by atoms with E-state index >= 15 is 0 Å². The second-order valence-corrected chi connectivity index (χ2v) is 4.14. The van der Waals surface area contributed by atoms with Crippen molar-refractivity contribution < 1.29 is 9.72 Å². The highest BCUT2D eigenvalue weighted by Gasteiger charge is 2.17. The van der Waals surface area contributed by atoms with Crippen molar-refractivity contribution in [2.24, 2.45) is 0 Å². The Hall–Kier alpha value is -2.68. The normalized spacial score (nSPS) is 10.2. The van der Waals surface area contributed by atoms with E-state index in [2.05, 4.69) is 20.5 Å². The summed E-state index contributed by atoms with van der Waals surface area (Å²) in [4.78, 5) is 25.5. The van der Waals surface area contributed by atoms with Crippen LogP contribution in [0.5, 0.6) is 0 Å². The van der Waals surface area contributed by atoms with Gasteiger partial charge in [0, 0.05) is 18.2 Å². The van der Waals surface area contributed by atoms with E-state index in [0.717, 1.165) is 12.3 Å². The molecule has 0 bridgehead atoms. The molecule has 1 amide bonds. The number of carbonyl (C=O) groups excluding carboxylic acids is 1. The molecule has 2 rings (SSSR count). The molecular formula is C10H9ClN6O3. The summed E-state index contributed by atoms with van der Waals surface area (Å²) in [6.45, 7) is 0.111. The van der Waals surface area contributed by atoms with E-state index < -0.39 is 10.8 Å². The fourth-order valence-corrected chi connectivity index (χ4v) is 1.62. The molecule has 0 aliphatic rings. The fraction of sp³-hybridized carbons (Fsp3) is 0.100. The van der Waals surface area contributed by atoms with Gasteiger partial charge in [0.25, 0.3) is 11.6 Å². The molecule has 0 fully saturated rings. The lowest BCUT2D eigenvalue weighted by Crippen LogP contribution is -2.23. The SMILES string of the molecule is Nc1[nH]ncc1CNC(=O)c1cc([N+](=O)[O-])cnc1Cl. The van der Waals surface area contributed by atoms with Gasteiger partial charge in [0.1, 0.15) is 17.2 Å². The Morgan fingerprint density at radius 3 is 2.90 bits per heavy atom. The largest absolute Gasteiger partial charge is 0.384 e. The number of nitro groups is 1. The molecule has 0 aliphatic carbocycles. The first kappa shape index (κ1) is 13.7. The summed E-state index contributed by atoms with van der Waals surface area (Å²) >= 11 is 5.75. The van der Waals surface area contributed by atoms with Gasteiger partial charge in [-0.3, -0.25) is 20.0 Å². The Balaban J connectivity index is 2.15. The number of halogens is 1. The fourth-order valence-electron chi connectivity index (χ4n) is 1.43. The van der Waals surface area contributed by atoms with Crippen molar-refractivity contribution in [2.75, 3.05) is 5.73 Å². The Bertz CT molecular complexity index is 671. The van der Waals surface area contributed by atoms with Gasteiger partial charge in [0.05, 0.1) is 16.7 Å². The monoisotopic (exact) mass is 296 g/mol. The van der Waals surface area contributed by atoms with Crippen LogP contribution >= 0.6 is 11.6 Å². The lowest BCUT2D eigenvalue weighted by molar-refractivity contribution is -0.385. The van der Waals surface area contributed by atoms with Gasteiger partial charge < -0.3 is 11.1 Å². The Kier molecular flexibility index (Phi) is 3.80. The maximum atomic E-state index is 11.9. The molecule has 0 aromatic carbocycles. The molecule has 2 aromatic rings. The van der Waals surface area contributed by atoms with E-state index in [1.54, 1.807) is 0 Å². The summed E-state index contributed by atoms with van der Waals surface area (Å²) < 4.78 is 0. The van der Waals surface area contributed by atoms with Crippen molar-refractivity contribution in [3.05, 3.63) is 44.9 Å². The van der Waals surface area contributed by atoms with Crippen LogP contribution in [0.4, 0.5) is 11.5 Å². The summed E-state index contributed by atoms with van der Waals surface area (Å²) in [6.07, 6.45) is 2.44. The van der Waals surface area contributed by atoms with Crippen LogP contribution in [0, 0.1) is 10.1 Å². The molecule has 0 aliphatic heterocycles. The van der Waals surface area contributed by atoms with Crippen LogP contribution in [0.15, 0.2) is 18.5 Å². The highest BCUT2D eigenvalue weighted by Crippen LogP contribution is 2.19. The highest BCUT2D eigenvalue weighted by atomic mass is 35.5. The smallest absolute Gasteiger partial charge is 0.288 e. The minimum absolute atomic E-state index is 0.0806. The standard InChI is InChI=1S/C10H9ClN6O3/c11-8-7(1-6(4-13-8)17(19)20)10(18)14-2-5-3-15-16-9(5)12/h1,3-4H,2H2,(H,14,18)(H3,12,15,16). The predicted octanol–water partition coefficient (Wildman–Crippen LogP) is 0.878. The quantitative estimate of drug-likeness (QED) is 0.434. The summed E-state index contributed by atoms with van der Waals surface area (Å²) in [6, 6.07) is 1.06. The number of aromatic amines is 1. The Morgan fingerprint density at radius 2 is 2.30 bits per heavy atom. The van der Waals surface area contributed by atoms with Gasteiger partial charge in [0.2, 0.25) is 0 Å². The number of nitrogen functional groups attached to an aromatic ring is 1. The van der Waals surface area contributed by atoms with Crippen LogP contribution in [0.25, 0.3) is 0 Å². The molecule has 9 nitrogen and oxygen atoms in total. The summed E-state index contributed by atoms with van der Waals surface area (Å²) in [5.41, 5.74) is 5.75. The summed E-state index contributed by atoms with van der Waals surface area (Å²) in [5.74, 6) is -0.264. The Morgan fingerprint density at radius 1 is 1.55 bits per heavy atom. The molecule has 0 saturated carbocycles. The molecule has 2 aromatic heterocycles. The van der Waals surface area contributed by atoms with Gasteiger partial charge in [-0.1, -0.05) is 11.6 Å². The number of nitrogens with one attached hydrogen (secondary N) is 2. The zero-order valence-corrected chi connectivity index (χ0v) is 10.7. The van der Waals surface area contributed by atoms with Crippen molar-refractivity contribution in [3.8, 4) is 0 Å². The first-order valence-electron chi connectivity index (χ1n) is 5.35. The molecule has 104 valence electrons. The molecule has 2 heterocycles. The molecule has 20 heavy (non-hydrogen) atoms. The molecular weight excluding hydrogens is 288 g/mol. The molecule has 0 unspecified atom stereocenters. The second-order valence-electron chi connectivity index (χ2n) is 3.78. The number of anilines is 1. The van der Waals surface area contributed by atoms with E-state index in [1.807, 2.05) is 0 Å². The molecule has 0 atom stereocenters. The number of H-pyrrole nitrogens is 1. The average Bonchev–Trinajstić information content (AvgIpc) is 2.81. The average molecular weight is 297 g/mol. The number of hydrogen-bond donors (Lipinski definition) is 3. The van der Waals surface area contributed by atoms with E-state index in [9.17, 15) is 14.9 Å². The van der Waals surface area contributed by atoms with Gasteiger partial charge in [0.15, 0.2) is 0 Å². The van der Waals surface area contributed by atoms with Gasteiger partial charge in [-0.25, -0.2) is 4.98 Å². The number of carbonyl (C=O) groups is 1. The number of hydrogen-bond acceptors (Lipinski definition) is 6. The van der Waals surface area contributed by atoms with E-state index in [0.29, 0.717) is 11.4 Å². The van der Waals surface area contributed by atoms with Crippen LogP contribution in [0.1, 0.15) is 15.9 Å². The maximum absolute atomic E-state index is 11.9. The number of rotatable bonds is 4. The van der Waals surface area contributed by atoms with E-state index in [-0.39, 0.29) is 22.9 Å². The van der Waals surface area contributed by atoms with Crippen LogP contribution in [-0.2, 0) is 6.54 Å². The molecule has 0 radical (unpaired) electrons. The third-order valence-corrected chi connectivity index (χ3v) is 2.77. The van der Waals surface area contributed by atoms with Crippen LogP contribution < -0.4 is 11.1 Å². The van der Waals surface area contributed by atoms with Crippen molar-refractivity contribution in [1.82, 2.24) is 20.5 Å². The van der Waals surface area contributed by atoms with Gasteiger partial charge in [-0.15, -0.1) is 0 Å². The number of pyridine rings is 1. The number of nitrogens with two attached hydrogens (primary N) is 1. The van der Waals surface area contributed by atoms with Crippen molar-refractivity contribution >= 4 is 29.0 Å². The molecule has 0 spiro atoms. The van der Waals surface area contributed by atoms with Crippen LogP contribution in [0.3, 0.4) is 0 Å². The van der Waals surface area contributed by atoms with Crippen molar-refractivity contribution in [3.63, 3.8) is 0 Å². The van der Waals surface area contributed by atoms with Crippen molar-refractivity contribution in [1.29, 1.82) is 0 Å². The number of nitrogens with zero attached hydrogens (tertiary/aromatic N) is 3. The van der Waals surface area contributed by atoms with E-state index in [1.165, 1.54) is 6.20 Å². The minimum Gasteiger partial charge on any atom is -0.384 e. The Labute approximate surface area is 117 Å². The summed E-state index contributed by atoms with van der Waals surface area (Å²) in [7, 11) is 0. The zero-order chi connectivity index (χ0) is 14.7. The van der Waals surface area contributed by atoms with Gasteiger partial charge in [-0.05, 0) is 0 Å². The highest BCUT2D eigenvalue weighted by molar-refractivity contribution is 6.32. The third-order valence-electron chi connectivity index (χ3n) is 2.47. The lowest BCUT2D eigenvalue weighted by Gasteiger charge is -2.05. The number of aromatic nitrogens is 3. The molecule has 4 N–H and O–H groups in total. The zero-order valence-electron chi connectivity index (χ0n) is 9.96. The topological polar surface area (TPSA) is 140 Å². The minimum atomic E-state index is -0.659. The molecule has 0 saturated heterocycles. The maximum Gasteiger partial charge on any atom is 0.288 e. The first-order valence-corrected chi connectivity index (χ1v) is 5.72.